The number of rotatable bonds is 6. The summed E-state index contributed by atoms with van der Waals surface area (Å²) in [4.78, 5) is 27.5. The van der Waals surface area contributed by atoms with Gasteiger partial charge in [0.1, 0.15) is 0 Å². The van der Waals surface area contributed by atoms with Gasteiger partial charge in [0, 0.05) is 29.4 Å². The van der Waals surface area contributed by atoms with Crippen molar-refractivity contribution in [3.63, 3.8) is 0 Å². The molecule has 27 heavy (non-hydrogen) atoms. The maximum absolute atomic E-state index is 12.2. The third kappa shape index (κ3) is 5.26. The fraction of sp³-hybridized carbons (Fsp3) is 0.333. The molecule has 3 rings (SSSR count). The molecule has 0 radical (unpaired) electrons. The van der Waals surface area contributed by atoms with E-state index in [0.717, 1.165) is 18.0 Å². The monoisotopic (exact) mass is 384 g/mol. The van der Waals surface area contributed by atoms with E-state index in [1.165, 1.54) is 36.7 Å². The quantitative estimate of drug-likeness (QED) is 0.598. The average Bonchev–Trinajstić information content (AvgIpc) is 2.73. The van der Waals surface area contributed by atoms with Crippen molar-refractivity contribution in [1.29, 1.82) is 0 Å². The van der Waals surface area contributed by atoms with Crippen molar-refractivity contribution < 1.29 is 14.3 Å². The Balaban J connectivity index is 1.51. The predicted octanol–water partition coefficient (Wildman–Crippen LogP) is 4.19. The summed E-state index contributed by atoms with van der Waals surface area (Å²) in [5, 5.41) is 2.77. The Morgan fingerprint density at radius 3 is 2.44 bits per heavy atom. The van der Waals surface area contributed by atoms with E-state index in [1.807, 2.05) is 42.7 Å². The normalized spacial score (nSPS) is 13.9. The number of nitrogens with zero attached hydrogens (tertiary/aromatic N) is 1. The SMILES string of the molecule is CSc1ccccc1C(=O)OCC(=O)Nc1ccc(N2CCCCC2)cc1. The van der Waals surface area contributed by atoms with Crippen LogP contribution in [0.2, 0.25) is 0 Å². The van der Waals surface area contributed by atoms with E-state index in [9.17, 15) is 9.59 Å². The van der Waals surface area contributed by atoms with Gasteiger partial charge in [-0.3, -0.25) is 4.79 Å². The second kappa shape index (κ2) is 9.46. The number of carbonyl (C=O) groups is 2. The minimum atomic E-state index is -0.490. The van der Waals surface area contributed by atoms with Crippen LogP contribution in [0, 0.1) is 0 Å². The molecule has 2 aromatic rings. The summed E-state index contributed by atoms with van der Waals surface area (Å²) in [5.74, 6) is -0.841. The highest BCUT2D eigenvalue weighted by Gasteiger charge is 2.14. The molecule has 1 N–H and O–H groups in total. The number of hydrogen-bond donors (Lipinski definition) is 1. The molecule has 1 heterocycles. The summed E-state index contributed by atoms with van der Waals surface area (Å²) in [6, 6.07) is 15.0. The smallest absolute Gasteiger partial charge is 0.339 e. The van der Waals surface area contributed by atoms with Crippen LogP contribution in [0.5, 0.6) is 0 Å². The molecular formula is C21H24N2O3S. The fourth-order valence-corrected chi connectivity index (χ4v) is 3.71. The minimum absolute atomic E-state index is 0.310. The van der Waals surface area contributed by atoms with Crippen molar-refractivity contribution in [2.45, 2.75) is 24.2 Å². The molecule has 0 bridgehead atoms. The van der Waals surface area contributed by atoms with Crippen molar-refractivity contribution in [3.8, 4) is 0 Å². The molecule has 1 aliphatic heterocycles. The molecule has 1 amide bonds. The Hall–Kier alpha value is -2.47. The number of benzene rings is 2. The standard InChI is InChI=1S/C21H24N2O3S/c1-27-19-8-4-3-7-18(19)21(25)26-15-20(24)22-16-9-11-17(12-10-16)23-13-5-2-6-14-23/h3-4,7-12H,2,5-6,13-15H2,1H3,(H,22,24). The Bertz CT molecular complexity index is 786. The Labute approximate surface area is 164 Å². The van der Waals surface area contributed by atoms with E-state index in [0.29, 0.717) is 11.3 Å². The highest BCUT2D eigenvalue weighted by atomic mass is 32.2. The maximum atomic E-state index is 12.2. The first-order valence-electron chi connectivity index (χ1n) is 9.12. The zero-order valence-electron chi connectivity index (χ0n) is 15.4. The summed E-state index contributed by atoms with van der Waals surface area (Å²) in [6.07, 6.45) is 5.64. The first-order chi connectivity index (χ1) is 13.2. The lowest BCUT2D eigenvalue weighted by Crippen LogP contribution is -2.29. The summed E-state index contributed by atoms with van der Waals surface area (Å²) < 4.78 is 5.15. The highest BCUT2D eigenvalue weighted by Crippen LogP contribution is 2.22. The van der Waals surface area contributed by atoms with Crippen LogP contribution in [0.3, 0.4) is 0 Å². The number of carbonyl (C=O) groups excluding carboxylic acids is 2. The van der Waals surface area contributed by atoms with E-state index >= 15 is 0 Å². The molecular weight excluding hydrogens is 360 g/mol. The zero-order chi connectivity index (χ0) is 19.1. The van der Waals surface area contributed by atoms with Gasteiger partial charge in [0.05, 0.1) is 5.56 Å². The molecule has 6 heteroatoms. The minimum Gasteiger partial charge on any atom is -0.452 e. The van der Waals surface area contributed by atoms with Gasteiger partial charge in [0.2, 0.25) is 0 Å². The van der Waals surface area contributed by atoms with Crippen molar-refractivity contribution in [2.24, 2.45) is 0 Å². The van der Waals surface area contributed by atoms with E-state index in [2.05, 4.69) is 10.2 Å². The fourth-order valence-electron chi connectivity index (χ4n) is 3.13. The third-order valence-corrected chi connectivity index (χ3v) is 5.33. The molecule has 1 saturated heterocycles. The molecule has 142 valence electrons. The Kier molecular flexibility index (Phi) is 6.76. The molecule has 0 aliphatic carbocycles. The summed E-state index contributed by atoms with van der Waals surface area (Å²) in [5.41, 5.74) is 2.35. The van der Waals surface area contributed by atoms with Crippen molar-refractivity contribution in [2.75, 3.05) is 36.2 Å². The molecule has 0 saturated carbocycles. The van der Waals surface area contributed by atoms with Crippen LogP contribution in [0.1, 0.15) is 29.6 Å². The summed E-state index contributed by atoms with van der Waals surface area (Å²) in [6.45, 7) is 1.85. The lowest BCUT2D eigenvalue weighted by atomic mass is 10.1. The number of anilines is 2. The van der Waals surface area contributed by atoms with E-state index in [4.69, 9.17) is 4.74 Å². The lowest BCUT2D eigenvalue weighted by Gasteiger charge is -2.28. The second-order valence-electron chi connectivity index (χ2n) is 6.42. The molecule has 0 unspecified atom stereocenters. The van der Waals surface area contributed by atoms with Gasteiger partial charge in [-0.1, -0.05) is 12.1 Å². The van der Waals surface area contributed by atoms with Crippen molar-refractivity contribution in [3.05, 3.63) is 54.1 Å². The van der Waals surface area contributed by atoms with E-state index in [-0.39, 0.29) is 12.5 Å². The van der Waals surface area contributed by atoms with Gasteiger partial charge in [0.15, 0.2) is 6.61 Å². The summed E-state index contributed by atoms with van der Waals surface area (Å²) >= 11 is 1.47. The van der Waals surface area contributed by atoms with Gasteiger partial charge < -0.3 is 15.0 Å². The van der Waals surface area contributed by atoms with E-state index < -0.39 is 5.97 Å². The van der Waals surface area contributed by atoms with Crippen LogP contribution in [0.25, 0.3) is 0 Å². The molecule has 0 atom stereocenters. The molecule has 0 aromatic heterocycles. The predicted molar refractivity (Wildman–Crippen MR) is 110 cm³/mol. The van der Waals surface area contributed by atoms with Crippen LogP contribution in [-0.4, -0.2) is 37.8 Å². The van der Waals surface area contributed by atoms with Crippen molar-refractivity contribution in [1.82, 2.24) is 0 Å². The maximum Gasteiger partial charge on any atom is 0.339 e. The zero-order valence-corrected chi connectivity index (χ0v) is 16.3. The number of hydrogen-bond acceptors (Lipinski definition) is 5. The largest absolute Gasteiger partial charge is 0.452 e. The highest BCUT2D eigenvalue weighted by molar-refractivity contribution is 7.98. The van der Waals surface area contributed by atoms with Crippen molar-refractivity contribution >= 4 is 35.0 Å². The van der Waals surface area contributed by atoms with Crippen LogP contribution in [0.4, 0.5) is 11.4 Å². The van der Waals surface area contributed by atoms with E-state index in [1.54, 1.807) is 12.1 Å². The number of nitrogens with one attached hydrogen (secondary N) is 1. The number of esters is 1. The molecule has 1 aliphatic rings. The molecule has 2 aromatic carbocycles. The summed E-state index contributed by atoms with van der Waals surface area (Å²) in [7, 11) is 0. The molecule has 5 nitrogen and oxygen atoms in total. The van der Waals surface area contributed by atoms with Gasteiger partial charge >= 0.3 is 5.97 Å². The average molecular weight is 385 g/mol. The molecule has 1 fully saturated rings. The Morgan fingerprint density at radius 1 is 1.04 bits per heavy atom. The van der Waals surface area contributed by atoms with Gasteiger partial charge in [0.25, 0.3) is 5.91 Å². The Morgan fingerprint density at radius 2 is 1.74 bits per heavy atom. The van der Waals surface area contributed by atoms with Gasteiger partial charge in [-0.15, -0.1) is 11.8 Å². The second-order valence-corrected chi connectivity index (χ2v) is 7.27. The van der Waals surface area contributed by atoms with Gasteiger partial charge in [-0.25, -0.2) is 4.79 Å². The number of piperidine rings is 1. The number of thioether (sulfide) groups is 1. The first-order valence-corrected chi connectivity index (χ1v) is 10.3. The lowest BCUT2D eigenvalue weighted by molar-refractivity contribution is -0.119. The van der Waals surface area contributed by atoms with Crippen LogP contribution < -0.4 is 10.2 Å². The molecule has 0 spiro atoms. The van der Waals surface area contributed by atoms with Crippen LogP contribution >= 0.6 is 11.8 Å². The van der Waals surface area contributed by atoms with Gasteiger partial charge in [-0.2, -0.15) is 0 Å². The first kappa shape index (κ1) is 19.3. The van der Waals surface area contributed by atoms with Crippen LogP contribution in [0.15, 0.2) is 53.4 Å². The topological polar surface area (TPSA) is 58.6 Å². The third-order valence-electron chi connectivity index (χ3n) is 4.53. The van der Waals surface area contributed by atoms with Crippen LogP contribution in [-0.2, 0) is 9.53 Å². The number of ether oxygens (including phenoxy) is 1. The van der Waals surface area contributed by atoms with Gasteiger partial charge in [-0.05, 0) is 61.9 Å². The number of amides is 1.